The average molecular weight is 350 g/mol. The molecule has 0 saturated carbocycles. The van der Waals surface area contributed by atoms with Crippen molar-refractivity contribution in [3.8, 4) is 11.5 Å². The van der Waals surface area contributed by atoms with Crippen LogP contribution in [0.25, 0.3) is 22.6 Å². The molecule has 26 heavy (non-hydrogen) atoms. The molecule has 0 aliphatic carbocycles. The second-order valence-corrected chi connectivity index (χ2v) is 6.51. The summed E-state index contributed by atoms with van der Waals surface area (Å²) in [5, 5.41) is 0. The number of carbonyl (C=O) groups is 1. The van der Waals surface area contributed by atoms with Gasteiger partial charge in [0.05, 0.1) is 11.0 Å². The van der Waals surface area contributed by atoms with Crippen molar-refractivity contribution in [2.75, 3.05) is 13.1 Å². The molecule has 1 N–H and O–H groups in total. The van der Waals surface area contributed by atoms with Crippen molar-refractivity contribution in [3.63, 3.8) is 0 Å². The summed E-state index contributed by atoms with van der Waals surface area (Å²) >= 11 is 0. The third-order valence-corrected chi connectivity index (χ3v) is 4.45. The minimum atomic E-state index is 0.00450. The zero-order chi connectivity index (χ0) is 18.4. The molecule has 0 radical (unpaired) electrons. The Morgan fingerprint density at radius 3 is 2.38 bits per heavy atom. The molecule has 0 fully saturated rings. The Hall–Kier alpha value is -2.69. The second kappa shape index (κ2) is 8.61. The van der Waals surface area contributed by atoms with E-state index in [9.17, 15) is 4.79 Å². The quantitative estimate of drug-likeness (QED) is 0.642. The number of para-hydroxylation sites is 2. The summed E-state index contributed by atoms with van der Waals surface area (Å²) in [5.41, 5.74) is 3.04. The van der Waals surface area contributed by atoms with Crippen LogP contribution in [0.2, 0.25) is 0 Å². The Morgan fingerprint density at radius 2 is 1.69 bits per heavy atom. The number of fused-ring (bicyclic) bond motifs is 1. The van der Waals surface area contributed by atoms with Crippen LogP contribution in [0.5, 0.6) is 0 Å². The van der Waals surface area contributed by atoms with Crippen molar-refractivity contribution in [1.29, 1.82) is 0 Å². The number of hydrogen-bond acceptors (Lipinski definition) is 3. The summed E-state index contributed by atoms with van der Waals surface area (Å²) in [4.78, 5) is 27.3. The normalized spacial score (nSPS) is 11.0. The Labute approximate surface area is 154 Å². The van der Waals surface area contributed by atoms with E-state index in [-0.39, 0.29) is 5.91 Å². The molecule has 0 aliphatic rings. The van der Waals surface area contributed by atoms with E-state index in [1.165, 1.54) is 0 Å². The van der Waals surface area contributed by atoms with Gasteiger partial charge >= 0.3 is 0 Å². The van der Waals surface area contributed by atoms with E-state index in [0.717, 1.165) is 49.8 Å². The van der Waals surface area contributed by atoms with Crippen LogP contribution < -0.4 is 0 Å². The predicted octanol–water partition coefficient (Wildman–Crippen LogP) is 4.67. The highest BCUT2D eigenvalue weighted by Gasteiger charge is 2.17. The maximum absolute atomic E-state index is 12.9. The van der Waals surface area contributed by atoms with Gasteiger partial charge < -0.3 is 9.88 Å². The summed E-state index contributed by atoms with van der Waals surface area (Å²) in [6.07, 6.45) is 4.17. The Morgan fingerprint density at radius 1 is 0.962 bits per heavy atom. The first-order valence-electron chi connectivity index (χ1n) is 9.44. The monoisotopic (exact) mass is 350 g/mol. The van der Waals surface area contributed by atoms with E-state index in [0.29, 0.717) is 17.2 Å². The van der Waals surface area contributed by atoms with E-state index < -0.39 is 0 Å². The third-order valence-electron chi connectivity index (χ3n) is 4.45. The molecule has 0 aliphatic heterocycles. The molecular formula is C21H26N4O. The zero-order valence-corrected chi connectivity index (χ0v) is 15.5. The van der Waals surface area contributed by atoms with Crippen molar-refractivity contribution in [1.82, 2.24) is 19.9 Å². The largest absolute Gasteiger partial charge is 0.337 e. The number of nitrogens with zero attached hydrogens (tertiary/aromatic N) is 3. The molecule has 3 rings (SSSR count). The number of aromatic nitrogens is 3. The summed E-state index contributed by atoms with van der Waals surface area (Å²) in [6, 6.07) is 13.4. The number of carbonyl (C=O) groups excluding carboxylic acids is 1. The summed E-state index contributed by atoms with van der Waals surface area (Å²) in [5.74, 6) is 0.694. The van der Waals surface area contributed by atoms with Crippen LogP contribution in [-0.4, -0.2) is 38.8 Å². The Balaban J connectivity index is 1.85. The first-order valence-corrected chi connectivity index (χ1v) is 9.44. The van der Waals surface area contributed by atoms with Gasteiger partial charge in [-0.1, -0.05) is 44.9 Å². The van der Waals surface area contributed by atoms with Gasteiger partial charge in [-0.2, -0.15) is 0 Å². The molecule has 5 heteroatoms. The second-order valence-electron chi connectivity index (χ2n) is 6.51. The number of benzene rings is 1. The van der Waals surface area contributed by atoms with E-state index in [1.807, 2.05) is 41.3 Å². The van der Waals surface area contributed by atoms with Crippen LogP contribution in [0.3, 0.4) is 0 Å². The number of aromatic amines is 1. The predicted molar refractivity (Wildman–Crippen MR) is 105 cm³/mol. The molecule has 1 amide bonds. The van der Waals surface area contributed by atoms with Crippen LogP contribution in [0.15, 0.2) is 42.5 Å². The Bertz CT molecular complexity index is 830. The molecule has 0 atom stereocenters. The fourth-order valence-corrected chi connectivity index (χ4v) is 2.93. The molecule has 2 aromatic heterocycles. The third kappa shape index (κ3) is 4.10. The fraction of sp³-hybridized carbons (Fsp3) is 0.381. The van der Waals surface area contributed by atoms with Gasteiger partial charge in [-0.15, -0.1) is 0 Å². The van der Waals surface area contributed by atoms with Crippen LogP contribution in [0.1, 0.15) is 50.0 Å². The lowest BCUT2D eigenvalue weighted by molar-refractivity contribution is 0.0745. The first kappa shape index (κ1) is 18.1. The number of rotatable bonds is 8. The number of nitrogens with one attached hydrogen (secondary N) is 1. The zero-order valence-electron chi connectivity index (χ0n) is 15.5. The van der Waals surface area contributed by atoms with Gasteiger partial charge in [0, 0.05) is 13.1 Å². The molecule has 0 saturated heterocycles. The van der Waals surface area contributed by atoms with Crippen molar-refractivity contribution in [2.24, 2.45) is 0 Å². The number of H-pyrrole nitrogens is 1. The Kier molecular flexibility index (Phi) is 6.00. The molecule has 3 aromatic rings. The smallest absolute Gasteiger partial charge is 0.272 e. The molecule has 136 valence electrons. The van der Waals surface area contributed by atoms with Crippen molar-refractivity contribution in [3.05, 3.63) is 48.2 Å². The number of imidazole rings is 1. The number of hydrogen-bond donors (Lipinski definition) is 1. The van der Waals surface area contributed by atoms with E-state index >= 15 is 0 Å². The van der Waals surface area contributed by atoms with Crippen LogP contribution in [-0.2, 0) is 0 Å². The highest BCUT2D eigenvalue weighted by Crippen LogP contribution is 2.19. The average Bonchev–Trinajstić information content (AvgIpc) is 3.12. The lowest BCUT2D eigenvalue weighted by Crippen LogP contribution is -2.33. The van der Waals surface area contributed by atoms with Gasteiger partial charge in [-0.25, -0.2) is 9.97 Å². The highest BCUT2D eigenvalue weighted by molar-refractivity contribution is 5.93. The topological polar surface area (TPSA) is 61.9 Å². The van der Waals surface area contributed by atoms with Gasteiger partial charge in [-0.3, -0.25) is 4.79 Å². The SMILES string of the molecule is CCCCN(CCCC)C(=O)c1cccc(-c2nc3ccccc3[nH]2)n1. The summed E-state index contributed by atoms with van der Waals surface area (Å²) < 4.78 is 0. The standard InChI is InChI=1S/C21H26N4O/c1-3-5-14-25(15-6-4-2)21(26)19-13-9-12-18(22-19)20-23-16-10-7-8-11-17(16)24-20/h7-13H,3-6,14-15H2,1-2H3,(H,23,24). The highest BCUT2D eigenvalue weighted by atomic mass is 16.2. The lowest BCUT2D eigenvalue weighted by atomic mass is 10.2. The van der Waals surface area contributed by atoms with Crippen LogP contribution in [0.4, 0.5) is 0 Å². The van der Waals surface area contributed by atoms with Gasteiger partial charge in [0.1, 0.15) is 11.4 Å². The van der Waals surface area contributed by atoms with Crippen molar-refractivity contribution >= 4 is 16.9 Å². The minimum absolute atomic E-state index is 0.00450. The van der Waals surface area contributed by atoms with E-state index in [1.54, 1.807) is 6.07 Å². The number of pyridine rings is 1. The van der Waals surface area contributed by atoms with E-state index in [2.05, 4.69) is 28.8 Å². The fourth-order valence-electron chi connectivity index (χ4n) is 2.93. The van der Waals surface area contributed by atoms with Gasteiger partial charge in [0.2, 0.25) is 0 Å². The van der Waals surface area contributed by atoms with Gasteiger partial charge in [-0.05, 0) is 37.1 Å². The maximum atomic E-state index is 12.9. The van der Waals surface area contributed by atoms with E-state index in [4.69, 9.17) is 0 Å². The molecule has 1 aromatic carbocycles. The molecule has 5 nitrogen and oxygen atoms in total. The first-order chi connectivity index (χ1) is 12.7. The maximum Gasteiger partial charge on any atom is 0.272 e. The lowest BCUT2D eigenvalue weighted by Gasteiger charge is -2.22. The number of unbranched alkanes of at least 4 members (excludes halogenated alkanes) is 2. The summed E-state index contributed by atoms with van der Waals surface area (Å²) in [7, 11) is 0. The molecule has 0 spiro atoms. The minimum Gasteiger partial charge on any atom is -0.337 e. The number of amides is 1. The molecule has 0 unspecified atom stereocenters. The van der Waals surface area contributed by atoms with Crippen molar-refractivity contribution in [2.45, 2.75) is 39.5 Å². The molecule has 0 bridgehead atoms. The van der Waals surface area contributed by atoms with Gasteiger partial charge in [0.15, 0.2) is 5.82 Å². The van der Waals surface area contributed by atoms with Crippen LogP contribution >= 0.6 is 0 Å². The van der Waals surface area contributed by atoms with Crippen molar-refractivity contribution < 1.29 is 4.79 Å². The van der Waals surface area contributed by atoms with Crippen LogP contribution in [0, 0.1) is 0 Å². The molecular weight excluding hydrogens is 324 g/mol. The molecule has 2 heterocycles. The van der Waals surface area contributed by atoms with Gasteiger partial charge in [0.25, 0.3) is 5.91 Å². The summed E-state index contributed by atoms with van der Waals surface area (Å²) in [6.45, 7) is 5.85.